The van der Waals surface area contributed by atoms with Gasteiger partial charge in [0.25, 0.3) is 0 Å². The molecule has 2 unspecified atom stereocenters. The first-order chi connectivity index (χ1) is 13.9. The van der Waals surface area contributed by atoms with Gasteiger partial charge in [-0.05, 0) is 66.0 Å². The third-order valence-corrected chi connectivity index (χ3v) is 7.08. The van der Waals surface area contributed by atoms with Crippen molar-refractivity contribution in [2.75, 3.05) is 13.1 Å². The molecule has 2 atom stereocenters. The topological polar surface area (TPSA) is 55.8 Å². The SMILES string of the molecule is CC(C)(C)OC(=O)C1=C(N2CCCC2)C2c3ccccc3SC12C(=O)OC(C)(C)C. The minimum absolute atomic E-state index is 0.186. The van der Waals surface area contributed by atoms with Crippen LogP contribution in [0.4, 0.5) is 0 Å². The average molecular weight is 430 g/mol. The zero-order valence-electron chi connectivity index (χ0n) is 18.7. The summed E-state index contributed by atoms with van der Waals surface area (Å²) in [6, 6.07) is 8.07. The van der Waals surface area contributed by atoms with Crippen molar-refractivity contribution in [3.8, 4) is 0 Å². The lowest BCUT2D eigenvalue weighted by Crippen LogP contribution is -2.57. The molecule has 0 saturated carbocycles. The molecule has 0 radical (unpaired) electrons. The van der Waals surface area contributed by atoms with E-state index in [0.29, 0.717) is 5.57 Å². The average Bonchev–Trinajstić information content (AvgIpc) is 3.18. The van der Waals surface area contributed by atoms with Crippen molar-refractivity contribution in [2.24, 2.45) is 0 Å². The lowest BCUT2D eigenvalue weighted by atomic mass is 9.66. The quantitative estimate of drug-likeness (QED) is 0.652. The molecule has 2 aliphatic heterocycles. The van der Waals surface area contributed by atoms with Crippen molar-refractivity contribution in [1.29, 1.82) is 0 Å². The van der Waals surface area contributed by atoms with Crippen LogP contribution >= 0.6 is 11.8 Å². The van der Waals surface area contributed by atoms with E-state index in [-0.39, 0.29) is 11.9 Å². The summed E-state index contributed by atoms with van der Waals surface area (Å²) in [5, 5.41) is 0. The fraction of sp³-hybridized carbons (Fsp3) is 0.583. The summed E-state index contributed by atoms with van der Waals surface area (Å²) >= 11 is 1.45. The third kappa shape index (κ3) is 3.43. The lowest BCUT2D eigenvalue weighted by Gasteiger charge is -2.49. The van der Waals surface area contributed by atoms with E-state index in [1.54, 1.807) is 0 Å². The van der Waals surface area contributed by atoms with Crippen LogP contribution in [0.15, 0.2) is 40.4 Å². The number of hydrogen-bond acceptors (Lipinski definition) is 6. The van der Waals surface area contributed by atoms with E-state index in [4.69, 9.17) is 9.47 Å². The summed E-state index contributed by atoms with van der Waals surface area (Å²) in [6.07, 6.45) is 2.18. The molecule has 1 aromatic rings. The number of thioether (sulfide) groups is 1. The molecule has 1 saturated heterocycles. The van der Waals surface area contributed by atoms with Crippen LogP contribution in [0.5, 0.6) is 0 Å². The van der Waals surface area contributed by atoms with Crippen molar-refractivity contribution in [2.45, 2.75) is 81.1 Å². The van der Waals surface area contributed by atoms with Crippen molar-refractivity contribution < 1.29 is 19.1 Å². The molecule has 3 aliphatic rings. The molecule has 30 heavy (non-hydrogen) atoms. The van der Waals surface area contributed by atoms with Crippen LogP contribution in [0.1, 0.15) is 65.9 Å². The van der Waals surface area contributed by atoms with Crippen LogP contribution in [-0.4, -0.2) is 45.9 Å². The number of benzene rings is 1. The van der Waals surface area contributed by atoms with Crippen molar-refractivity contribution in [3.63, 3.8) is 0 Å². The summed E-state index contributed by atoms with van der Waals surface area (Å²) in [6.45, 7) is 12.9. The molecule has 2 heterocycles. The van der Waals surface area contributed by atoms with Gasteiger partial charge in [-0.3, -0.25) is 4.79 Å². The second-order valence-corrected chi connectivity index (χ2v) is 11.6. The highest BCUT2D eigenvalue weighted by Crippen LogP contribution is 2.68. The molecule has 162 valence electrons. The van der Waals surface area contributed by atoms with E-state index in [9.17, 15) is 9.59 Å². The number of nitrogens with zero attached hydrogens (tertiary/aromatic N) is 1. The monoisotopic (exact) mass is 429 g/mol. The summed E-state index contributed by atoms with van der Waals surface area (Å²) in [5.74, 6) is -0.953. The van der Waals surface area contributed by atoms with Gasteiger partial charge in [-0.2, -0.15) is 0 Å². The smallest absolute Gasteiger partial charge is 0.338 e. The Morgan fingerprint density at radius 3 is 2.20 bits per heavy atom. The van der Waals surface area contributed by atoms with Gasteiger partial charge in [0, 0.05) is 23.7 Å². The minimum atomic E-state index is -1.09. The molecule has 0 N–H and O–H groups in total. The summed E-state index contributed by atoms with van der Waals surface area (Å²) < 4.78 is 10.6. The van der Waals surface area contributed by atoms with Gasteiger partial charge < -0.3 is 14.4 Å². The Bertz CT molecular complexity index is 918. The minimum Gasteiger partial charge on any atom is -0.459 e. The second kappa shape index (κ2) is 7.04. The zero-order chi connectivity index (χ0) is 21.9. The number of rotatable bonds is 3. The van der Waals surface area contributed by atoms with Gasteiger partial charge >= 0.3 is 11.9 Å². The number of carbonyl (C=O) groups is 2. The fourth-order valence-corrected chi connectivity index (χ4v) is 6.12. The molecule has 0 bridgehead atoms. The molecule has 0 amide bonds. The predicted molar refractivity (Wildman–Crippen MR) is 117 cm³/mol. The molecular weight excluding hydrogens is 398 g/mol. The zero-order valence-corrected chi connectivity index (χ0v) is 19.5. The number of likely N-dealkylation sites (tertiary alicyclic amines) is 1. The first-order valence-electron chi connectivity index (χ1n) is 10.7. The van der Waals surface area contributed by atoms with Crippen molar-refractivity contribution in [1.82, 2.24) is 4.90 Å². The molecule has 1 aromatic carbocycles. The number of fused-ring (bicyclic) bond motifs is 3. The van der Waals surface area contributed by atoms with Gasteiger partial charge in [0.05, 0.1) is 11.5 Å². The Kier molecular flexibility index (Phi) is 5.00. The molecule has 0 spiro atoms. The van der Waals surface area contributed by atoms with Crippen molar-refractivity contribution in [3.05, 3.63) is 41.1 Å². The van der Waals surface area contributed by atoms with Crippen LogP contribution in [0.25, 0.3) is 0 Å². The van der Waals surface area contributed by atoms with E-state index in [2.05, 4.69) is 11.0 Å². The van der Waals surface area contributed by atoms with Gasteiger partial charge in [0.15, 0.2) is 4.75 Å². The van der Waals surface area contributed by atoms with Crippen LogP contribution in [-0.2, 0) is 19.1 Å². The Balaban J connectivity index is 1.87. The highest BCUT2D eigenvalue weighted by molar-refractivity contribution is 8.02. The number of allylic oxidation sites excluding steroid dienone is 1. The number of esters is 2. The van der Waals surface area contributed by atoms with Gasteiger partial charge in [-0.25, -0.2) is 4.79 Å². The maximum Gasteiger partial charge on any atom is 0.338 e. The van der Waals surface area contributed by atoms with E-state index in [0.717, 1.165) is 42.1 Å². The maximum absolute atomic E-state index is 13.7. The van der Waals surface area contributed by atoms with Gasteiger partial charge in [-0.15, -0.1) is 11.8 Å². The first-order valence-corrected chi connectivity index (χ1v) is 11.5. The normalized spacial score (nSPS) is 25.5. The lowest BCUT2D eigenvalue weighted by molar-refractivity contribution is -0.162. The van der Waals surface area contributed by atoms with Gasteiger partial charge in [-0.1, -0.05) is 18.2 Å². The third-order valence-electron chi connectivity index (χ3n) is 5.56. The highest BCUT2D eigenvalue weighted by Gasteiger charge is 2.69. The summed E-state index contributed by atoms with van der Waals surface area (Å²) in [4.78, 5) is 30.4. The van der Waals surface area contributed by atoms with Crippen LogP contribution < -0.4 is 0 Å². The van der Waals surface area contributed by atoms with Crippen molar-refractivity contribution >= 4 is 23.7 Å². The van der Waals surface area contributed by atoms with Crippen LogP contribution in [0.3, 0.4) is 0 Å². The van der Waals surface area contributed by atoms with Gasteiger partial charge in [0.2, 0.25) is 0 Å². The summed E-state index contributed by atoms with van der Waals surface area (Å²) in [7, 11) is 0. The largest absolute Gasteiger partial charge is 0.459 e. The van der Waals surface area contributed by atoms with Crippen LogP contribution in [0.2, 0.25) is 0 Å². The Hall–Kier alpha value is -1.95. The van der Waals surface area contributed by atoms with E-state index >= 15 is 0 Å². The number of carbonyl (C=O) groups excluding carboxylic acids is 2. The molecule has 6 heteroatoms. The Labute approximate surface area is 183 Å². The van der Waals surface area contributed by atoms with E-state index in [1.807, 2.05) is 59.7 Å². The molecule has 4 rings (SSSR count). The molecule has 1 aliphatic carbocycles. The molecule has 5 nitrogen and oxygen atoms in total. The van der Waals surface area contributed by atoms with Crippen LogP contribution in [0, 0.1) is 0 Å². The Morgan fingerprint density at radius 1 is 1.00 bits per heavy atom. The van der Waals surface area contributed by atoms with E-state index in [1.165, 1.54) is 11.8 Å². The number of hydrogen-bond donors (Lipinski definition) is 0. The van der Waals surface area contributed by atoms with E-state index < -0.39 is 21.9 Å². The first kappa shape index (κ1) is 21.3. The Morgan fingerprint density at radius 2 is 1.60 bits per heavy atom. The number of ether oxygens (including phenoxy) is 2. The standard InChI is InChI=1S/C24H31NO4S/c1-22(2,3)28-20(26)18-19(25-13-9-10-14-25)17-15-11-7-8-12-16(15)30-24(17,18)21(27)29-23(4,5)6/h7-8,11-12,17H,9-10,13-14H2,1-6H3. The fourth-order valence-electron chi connectivity index (χ4n) is 4.55. The second-order valence-electron chi connectivity index (χ2n) is 10.3. The highest BCUT2D eigenvalue weighted by atomic mass is 32.2. The molecule has 1 fully saturated rings. The molecule has 0 aromatic heterocycles. The predicted octanol–water partition coefficient (Wildman–Crippen LogP) is 4.66. The molecular formula is C24H31NO4S. The maximum atomic E-state index is 13.7. The van der Waals surface area contributed by atoms with Gasteiger partial charge in [0.1, 0.15) is 11.2 Å². The summed E-state index contributed by atoms with van der Waals surface area (Å²) in [5.41, 5.74) is 1.23.